The number of fused-ring (bicyclic) bond motifs is 2. The molecule has 0 fully saturated rings. The minimum atomic E-state index is -5.17. The standard InChI is InChI=1S/2C12H12NO2.H2O4S/c2*1-9(14)15-11-6-5-10-4-3-7-13(2)12(10)8-11;1-5(2,3)4/h2*3-8H,1-2H3;(H2,1,2,3,4)/q2*+1;/p-2. The summed E-state index contributed by atoms with van der Waals surface area (Å²) in [5, 5.41) is 2.24. The molecule has 0 unspecified atom stereocenters. The van der Waals surface area contributed by atoms with Gasteiger partial charge in [0.05, 0.1) is 12.1 Å². The van der Waals surface area contributed by atoms with E-state index >= 15 is 0 Å². The van der Waals surface area contributed by atoms with Crippen molar-refractivity contribution in [2.75, 3.05) is 0 Å². The van der Waals surface area contributed by atoms with Gasteiger partial charge in [0.2, 0.25) is 11.0 Å². The zero-order valence-electron chi connectivity index (χ0n) is 19.5. The third kappa shape index (κ3) is 9.45. The van der Waals surface area contributed by atoms with Gasteiger partial charge in [-0.05, 0) is 36.4 Å². The molecule has 0 radical (unpaired) electrons. The van der Waals surface area contributed by atoms with Gasteiger partial charge in [-0.3, -0.25) is 18.0 Å². The van der Waals surface area contributed by atoms with Crippen molar-refractivity contribution >= 4 is 44.1 Å². The predicted octanol–water partition coefficient (Wildman–Crippen LogP) is 1.84. The minimum absolute atomic E-state index is 0.298. The summed E-state index contributed by atoms with van der Waals surface area (Å²) in [5.74, 6) is 0.564. The summed E-state index contributed by atoms with van der Waals surface area (Å²) >= 11 is 0. The SMILES string of the molecule is CC(=O)Oc1ccc2ccc[n+](C)c2c1.CC(=O)Oc1ccc2ccc[n+](C)c2c1.O=S(=O)([O-])[O-]. The van der Waals surface area contributed by atoms with Crippen molar-refractivity contribution in [3.8, 4) is 11.5 Å². The molecule has 0 saturated heterocycles. The average Bonchev–Trinajstić information content (AvgIpc) is 2.73. The quantitative estimate of drug-likeness (QED) is 0.133. The van der Waals surface area contributed by atoms with Crippen molar-refractivity contribution < 1.29 is 45.7 Å². The number of esters is 2. The van der Waals surface area contributed by atoms with E-state index in [1.54, 1.807) is 12.1 Å². The largest absolute Gasteiger partial charge is 0.759 e. The Labute approximate surface area is 202 Å². The van der Waals surface area contributed by atoms with Crippen LogP contribution in [-0.2, 0) is 34.1 Å². The second-order valence-corrected chi connectivity index (χ2v) is 8.09. The molecule has 0 aliphatic rings. The van der Waals surface area contributed by atoms with Crippen LogP contribution in [0.15, 0.2) is 73.1 Å². The number of carbonyl (C=O) groups excluding carboxylic acids is 2. The number of benzene rings is 2. The summed E-state index contributed by atoms with van der Waals surface area (Å²) < 4.78 is 48.1. The van der Waals surface area contributed by atoms with Crippen molar-refractivity contribution in [2.45, 2.75) is 13.8 Å². The fourth-order valence-corrected chi connectivity index (χ4v) is 3.11. The molecule has 0 bridgehead atoms. The van der Waals surface area contributed by atoms with Gasteiger partial charge in [-0.2, -0.15) is 0 Å². The smallest absolute Gasteiger partial charge is 0.308 e. The Morgan fingerprint density at radius 2 is 1.06 bits per heavy atom. The molecular weight excluding hydrogens is 476 g/mol. The molecule has 4 aromatic rings. The number of carbonyl (C=O) groups is 2. The molecule has 0 saturated carbocycles. The van der Waals surface area contributed by atoms with Crippen LogP contribution in [0.3, 0.4) is 0 Å². The second-order valence-electron chi connectivity index (χ2n) is 7.27. The van der Waals surface area contributed by atoms with Crippen LogP contribution in [0.2, 0.25) is 0 Å². The Kier molecular flexibility index (Phi) is 9.34. The summed E-state index contributed by atoms with van der Waals surface area (Å²) in [6.45, 7) is 2.80. The van der Waals surface area contributed by atoms with E-state index in [0.29, 0.717) is 11.5 Å². The number of ether oxygens (including phenoxy) is 2. The molecule has 0 atom stereocenters. The van der Waals surface area contributed by atoms with Gasteiger partial charge in [0.1, 0.15) is 25.6 Å². The molecule has 0 aliphatic heterocycles. The molecule has 0 amide bonds. The minimum Gasteiger partial charge on any atom is -0.759 e. The maximum atomic E-state index is 10.8. The highest BCUT2D eigenvalue weighted by atomic mass is 32.3. The molecule has 10 nitrogen and oxygen atoms in total. The van der Waals surface area contributed by atoms with Gasteiger partial charge < -0.3 is 18.6 Å². The fraction of sp³-hybridized carbons (Fsp3) is 0.167. The Morgan fingerprint density at radius 1 is 0.714 bits per heavy atom. The number of hydrogen-bond donors (Lipinski definition) is 0. The molecular formula is C24H24N2O8S. The number of aryl methyl sites for hydroxylation is 2. The van der Waals surface area contributed by atoms with E-state index in [1.165, 1.54) is 13.8 Å². The van der Waals surface area contributed by atoms with Gasteiger partial charge >= 0.3 is 11.9 Å². The van der Waals surface area contributed by atoms with Crippen LogP contribution >= 0.6 is 0 Å². The fourth-order valence-electron chi connectivity index (χ4n) is 3.11. The van der Waals surface area contributed by atoms with Gasteiger partial charge in [0, 0.05) is 47.2 Å². The lowest BCUT2D eigenvalue weighted by Gasteiger charge is -2.06. The molecule has 184 valence electrons. The van der Waals surface area contributed by atoms with Crippen molar-refractivity contribution in [3.63, 3.8) is 0 Å². The van der Waals surface area contributed by atoms with E-state index in [-0.39, 0.29) is 11.9 Å². The number of nitrogens with zero attached hydrogens (tertiary/aromatic N) is 2. The first-order valence-corrected chi connectivity index (χ1v) is 11.5. The highest BCUT2D eigenvalue weighted by Gasteiger charge is 2.07. The van der Waals surface area contributed by atoms with Crippen LogP contribution in [0.4, 0.5) is 0 Å². The lowest BCUT2D eigenvalue weighted by atomic mass is 10.2. The van der Waals surface area contributed by atoms with Crippen LogP contribution in [0.1, 0.15) is 13.8 Å². The van der Waals surface area contributed by atoms with Crippen LogP contribution < -0.4 is 18.6 Å². The van der Waals surface area contributed by atoms with Gasteiger partial charge in [-0.15, -0.1) is 0 Å². The highest BCUT2D eigenvalue weighted by molar-refractivity contribution is 7.79. The molecule has 35 heavy (non-hydrogen) atoms. The average molecular weight is 501 g/mol. The Balaban J connectivity index is 0.000000208. The highest BCUT2D eigenvalue weighted by Crippen LogP contribution is 2.18. The van der Waals surface area contributed by atoms with Gasteiger partial charge in [0.25, 0.3) is 0 Å². The van der Waals surface area contributed by atoms with Crippen molar-refractivity contribution in [1.82, 2.24) is 0 Å². The van der Waals surface area contributed by atoms with Crippen molar-refractivity contribution in [3.05, 3.63) is 73.1 Å². The van der Waals surface area contributed by atoms with Gasteiger partial charge in [-0.1, -0.05) is 0 Å². The summed E-state index contributed by atoms with van der Waals surface area (Å²) in [7, 11) is -1.25. The molecule has 0 N–H and O–H groups in total. The molecule has 0 spiro atoms. The van der Waals surface area contributed by atoms with E-state index in [2.05, 4.69) is 0 Å². The second kappa shape index (κ2) is 12.0. The Bertz CT molecular complexity index is 1360. The summed E-state index contributed by atoms with van der Waals surface area (Å²) in [4.78, 5) is 21.6. The Hall–Kier alpha value is -3.93. The maximum Gasteiger partial charge on any atom is 0.308 e. The molecule has 2 aromatic carbocycles. The first kappa shape index (κ1) is 27.3. The van der Waals surface area contributed by atoms with E-state index in [9.17, 15) is 9.59 Å². The monoisotopic (exact) mass is 500 g/mol. The molecule has 2 aromatic heterocycles. The normalized spacial score (nSPS) is 10.5. The zero-order valence-corrected chi connectivity index (χ0v) is 20.3. The first-order chi connectivity index (χ1) is 16.3. The number of hydrogen-bond acceptors (Lipinski definition) is 8. The van der Waals surface area contributed by atoms with Crippen molar-refractivity contribution in [2.24, 2.45) is 14.1 Å². The third-order valence-electron chi connectivity index (χ3n) is 4.46. The maximum absolute atomic E-state index is 10.8. The first-order valence-electron chi connectivity index (χ1n) is 10.1. The number of rotatable bonds is 2. The van der Waals surface area contributed by atoms with Crippen molar-refractivity contribution in [1.29, 1.82) is 0 Å². The zero-order chi connectivity index (χ0) is 26.2. The number of pyridine rings is 2. The molecule has 0 aliphatic carbocycles. The Morgan fingerprint density at radius 3 is 1.37 bits per heavy atom. The third-order valence-corrected chi connectivity index (χ3v) is 4.46. The van der Waals surface area contributed by atoms with Crippen LogP contribution in [0, 0.1) is 0 Å². The lowest BCUT2D eigenvalue weighted by molar-refractivity contribution is -0.645. The molecule has 4 rings (SSSR count). The van der Waals surface area contributed by atoms with E-state index in [4.69, 9.17) is 27.0 Å². The van der Waals surface area contributed by atoms with E-state index < -0.39 is 10.4 Å². The van der Waals surface area contributed by atoms with Gasteiger partial charge in [0.15, 0.2) is 12.4 Å². The summed E-state index contributed by atoms with van der Waals surface area (Å²) in [6, 6.07) is 19.2. The summed E-state index contributed by atoms with van der Waals surface area (Å²) in [5.41, 5.74) is 2.08. The molecule has 2 heterocycles. The topological polar surface area (TPSA) is 141 Å². The molecule has 11 heteroatoms. The van der Waals surface area contributed by atoms with Crippen LogP contribution in [-0.4, -0.2) is 29.5 Å². The van der Waals surface area contributed by atoms with Crippen LogP contribution in [0.5, 0.6) is 11.5 Å². The number of aromatic nitrogens is 2. The predicted molar refractivity (Wildman–Crippen MR) is 123 cm³/mol. The van der Waals surface area contributed by atoms with Gasteiger partial charge in [-0.25, -0.2) is 9.13 Å². The summed E-state index contributed by atoms with van der Waals surface area (Å²) in [6.07, 6.45) is 3.92. The van der Waals surface area contributed by atoms with E-state index in [1.807, 2.05) is 84.2 Å². The van der Waals surface area contributed by atoms with Crippen LogP contribution in [0.25, 0.3) is 21.8 Å². The van der Waals surface area contributed by atoms with E-state index in [0.717, 1.165) is 21.8 Å². The lowest BCUT2D eigenvalue weighted by Crippen LogP contribution is -2.27.